The van der Waals surface area contributed by atoms with Crippen molar-refractivity contribution in [3.63, 3.8) is 0 Å². The molecule has 2 heterocycles. The van der Waals surface area contributed by atoms with Crippen molar-refractivity contribution in [3.05, 3.63) is 54.0 Å². The minimum absolute atomic E-state index is 0.238. The van der Waals surface area contributed by atoms with Crippen LogP contribution in [0.25, 0.3) is 0 Å². The van der Waals surface area contributed by atoms with Crippen molar-refractivity contribution in [3.8, 4) is 0 Å². The highest BCUT2D eigenvalue weighted by Crippen LogP contribution is 2.35. The van der Waals surface area contributed by atoms with Crippen LogP contribution in [-0.4, -0.2) is 37.8 Å². The molecule has 1 saturated carbocycles. The molecular weight excluding hydrogens is 407 g/mol. The molecule has 0 spiro atoms. The minimum atomic E-state index is -3.27. The number of pyridine rings is 1. The third-order valence-electron chi connectivity index (χ3n) is 5.78. The number of hydrogen-bond acceptors (Lipinski definition) is 5. The molecule has 0 unspecified atom stereocenters. The Morgan fingerprint density at radius 1 is 1.10 bits per heavy atom. The fourth-order valence-corrected chi connectivity index (χ4v) is 5.49. The molecule has 6 nitrogen and oxygen atoms in total. The Morgan fingerprint density at radius 3 is 2.40 bits per heavy atom. The minimum Gasteiger partial charge on any atom is -0.381 e. The van der Waals surface area contributed by atoms with E-state index in [0.717, 1.165) is 24.6 Å². The van der Waals surface area contributed by atoms with Crippen LogP contribution in [0, 0.1) is 11.7 Å². The number of hydrogen-bond donors (Lipinski definition) is 1. The number of sulfone groups is 1. The van der Waals surface area contributed by atoms with Crippen LogP contribution in [0.5, 0.6) is 0 Å². The lowest BCUT2D eigenvalue weighted by Crippen LogP contribution is -2.26. The van der Waals surface area contributed by atoms with Gasteiger partial charge in [-0.2, -0.15) is 0 Å². The first kappa shape index (κ1) is 20.9. The maximum absolute atomic E-state index is 13.1. The highest BCUT2D eigenvalue weighted by molar-refractivity contribution is 7.92. The zero-order chi connectivity index (χ0) is 21.1. The van der Waals surface area contributed by atoms with E-state index in [1.54, 1.807) is 24.3 Å². The van der Waals surface area contributed by atoms with Gasteiger partial charge in [-0.3, -0.25) is 4.79 Å². The number of ether oxygens (including phenoxy) is 1. The van der Waals surface area contributed by atoms with E-state index < -0.39 is 21.6 Å². The molecule has 1 amide bonds. The molecule has 1 aromatic heterocycles. The summed E-state index contributed by atoms with van der Waals surface area (Å²) in [5.41, 5.74) is 0.760. The molecule has 1 saturated heterocycles. The molecule has 30 heavy (non-hydrogen) atoms. The predicted molar refractivity (Wildman–Crippen MR) is 110 cm³/mol. The monoisotopic (exact) mass is 432 g/mol. The molecule has 1 aliphatic carbocycles. The van der Waals surface area contributed by atoms with Gasteiger partial charge < -0.3 is 10.1 Å². The lowest BCUT2D eigenvalue weighted by atomic mass is 9.84. The lowest BCUT2D eigenvalue weighted by molar-refractivity contribution is -0.118. The summed E-state index contributed by atoms with van der Waals surface area (Å²) in [4.78, 5) is 17.3. The van der Waals surface area contributed by atoms with Crippen LogP contribution in [0.2, 0.25) is 0 Å². The van der Waals surface area contributed by atoms with Crippen LogP contribution in [0.4, 0.5) is 10.2 Å². The Morgan fingerprint density at radius 2 is 1.80 bits per heavy atom. The van der Waals surface area contributed by atoms with E-state index in [1.807, 2.05) is 0 Å². The highest BCUT2D eigenvalue weighted by Gasteiger charge is 2.37. The summed E-state index contributed by atoms with van der Waals surface area (Å²) < 4.78 is 43.5. The summed E-state index contributed by atoms with van der Waals surface area (Å²) in [5, 5.41) is 2.49. The molecule has 1 aromatic carbocycles. The third-order valence-corrected chi connectivity index (χ3v) is 8.06. The molecule has 1 atom stereocenters. The molecular formula is C22H25FN2O4S. The Labute approximate surface area is 175 Å². The second-order valence-corrected chi connectivity index (χ2v) is 10.2. The number of benzene rings is 1. The average Bonchev–Trinajstić information content (AvgIpc) is 3.61. The maximum Gasteiger partial charge on any atom is 0.233 e. The largest absolute Gasteiger partial charge is 0.381 e. The van der Waals surface area contributed by atoms with Gasteiger partial charge in [0.1, 0.15) is 11.6 Å². The van der Waals surface area contributed by atoms with Gasteiger partial charge in [0, 0.05) is 13.2 Å². The van der Waals surface area contributed by atoms with Crippen LogP contribution in [0.3, 0.4) is 0 Å². The van der Waals surface area contributed by atoms with E-state index in [-0.39, 0.29) is 17.0 Å². The fraction of sp³-hybridized carbons (Fsp3) is 0.455. The summed E-state index contributed by atoms with van der Waals surface area (Å²) in [6.45, 7) is 1.36. The van der Waals surface area contributed by atoms with Crippen molar-refractivity contribution in [1.29, 1.82) is 0 Å². The number of aromatic nitrogens is 1. The van der Waals surface area contributed by atoms with Crippen molar-refractivity contribution in [2.75, 3.05) is 18.5 Å². The summed E-state index contributed by atoms with van der Waals surface area (Å²) in [6, 6.07) is 9.33. The molecule has 1 aliphatic heterocycles. The Hall–Kier alpha value is -2.32. The number of carbonyl (C=O) groups is 1. The zero-order valence-electron chi connectivity index (χ0n) is 16.6. The Balaban J connectivity index is 1.55. The van der Waals surface area contributed by atoms with Crippen molar-refractivity contribution in [1.82, 2.24) is 4.98 Å². The van der Waals surface area contributed by atoms with Gasteiger partial charge in [-0.25, -0.2) is 17.8 Å². The van der Waals surface area contributed by atoms with E-state index in [9.17, 15) is 17.6 Å². The number of halogens is 1. The quantitative estimate of drug-likeness (QED) is 0.721. The van der Waals surface area contributed by atoms with Gasteiger partial charge in [-0.05, 0) is 67.9 Å². The zero-order valence-corrected chi connectivity index (χ0v) is 17.4. The summed E-state index contributed by atoms with van der Waals surface area (Å²) in [5.74, 6) is -0.549. The van der Waals surface area contributed by atoms with Gasteiger partial charge in [0.05, 0.1) is 22.3 Å². The summed E-state index contributed by atoms with van der Waals surface area (Å²) >= 11 is 0. The Kier molecular flexibility index (Phi) is 6.15. The maximum atomic E-state index is 13.1. The number of amides is 1. The molecule has 0 bridgehead atoms. The van der Waals surface area contributed by atoms with E-state index in [2.05, 4.69) is 10.3 Å². The van der Waals surface area contributed by atoms with Gasteiger partial charge in [0.2, 0.25) is 5.91 Å². The summed E-state index contributed by atoms with van der Waals surface area (Å²) in [7, 11) is -3.27. The number of rotatable bonds is 7. The van der Waals surface area contributed by atoms with Gasteiger partial charge >= 0.3 is 0 Å². The second-order valence-electron chi connectivity index (χ2n) is 8.01. The SMILES string of the molecule is O=C(Nc1ccc(F)cn1)[C@H](CC1CCOCC1)c1ccc(S(=O)(=O)C2CC2)cc1. The van der Waals surface area contributed by atoms with Crippen LogP contribution in [0.15, 0.2) is 47.5 Å². The number of nitrogens with zero attached hydrogens (tertiary/aromatic N) is 1. The number of nitrogens with one attached hydrogen (secondary N) is 1. The molecule has 0 radical (unpaired) electrons. The molecule has 2 aliphatic rings. The first-order valence-electron chi connectivity index (χ1n) is 10.3. The van der Waals surface area contributed by atoms with Crippen molar-refractivity contribution in [2.45, 2.75) is 48.2 Å². The van der Waals surface area contributed by atoms with Crippen molar-refractivity contribution in [2.24, 2.45) is 5.92 Å². The molecule has 1 N–H and O–H groups in total. The average molecular weight is 433 g/mol. The molecule has 160 valence electrons. The second kappa shape index (κ2) is 8.81. The van der Waals surface area contributed by atoms with Crippen LogP contribution < -0.4 is 5.32 Å². The van der Waals surface area contributed by atoms with E-state index in [1.165, 1.54) is 12.1 Å². The predicted octanol–water partition coefficient (Wildman–Crippen LogP) is 3.70. The topological polar surface area (TPSA) is 85.4 Å². The molecule has 2 aromatic rings. The molecule has 2 fully saturated rings. The highest BCUT2D eigenvalue weighted by atomic mass is 32.2. The Bertz CT molecular complexity index is 983. The third kappa shape index (κ3) is 4.87. The fourth-order valence-electron chi connectivity index (χ4n) is 3.83. The number of anilines is 1. The standard InChI is InChI=1S/C22H25FN2O4S/c23-17-3-8-21(24-14-17)25-22(26)20(13-15-9-11-29-12-10-15)16-1-4-18(5-2-16)30(27,28)19-6-7-19/h1-5,8,14-15,19-20H,6-7,9-13H2,(H,24,25,26)/t20-/m1/s1. The molecule has 8 heteroatoms. The van der Waals surface area contributed by atoms with Gasteiger partial charge in [-0.1, -0.05) is 12.1 Å². The van der Waals surface area contributed by atoms with Gasteiger partial charge in [0.15, 0.2) is 9.84 Å². The van der Waals surface area contributed by atoms with Gasteiger partial charge in [0.25, 0.3) is 0 Å². The van der Waals surface area contributed by atoms with E-state index in [0.29, 0.717) is 43.3 Å². The lowest BCUT2D eigenvalue weighted by Gasteiger charge is -2.26. The first-order chi connectivity index (χ1) is 14.4. The first-order valence-corrected chi connectivity index (χ1v) is 11.8. The van der Waals surface area contributed by atoms with Crippen LogP contribution in [0.1, 0.15) is 43.6 Å². The van der Waals surface area contributed by atoms with Crippen LogP contribution >= 0.6 is 0 Å². The van der Waals surface area contributed by atoms with Gasteiger partial charge in [-0.15, -0.1) is 0 Å². The van der Waals surface area contributed by atoms with E-state index >= 15 is 0 Å². The normalized spacial score (nSPS) is 18.7. The van der Waals surface area contributed by atoms with Crippen molar-refractivity contribution < 1.29 is 22.3 Å². The smallest absolute Gasteiger partial charge is 0.233 e. The summed E-state index contributed by atoms with van der Waals surface area (Å²) in [6.07, 6.45) is 4.87. The van der Waals surface area contributed by atoms with Crippen molar-refractivity contribution >= 4 is 21.6 Å². The molecule has 4 rings (SSSR count). The van der Waals surface area contributed by atoms with Crippen LogP contribution in [-0.2, 0) is 19.4 Å². The van der Waals surface area contributed by atoms with E-state index in [4.69, 9.17) is 4.74 Å². The number of carbonyl (C=O) groups excluding carboxylic acids is 1.